The van der Waals surface area contributed by atoms with Gasteiger partial charge in [0.1, 0.15) is 28.5 Å². The van der Waals surface area contributed by atoms with Gasteiger partial charge in [-0.05, 0) is 65.9 Å². The molecule has 2 aromatic carbocycles. The van der Waals surface area contributed by atoms with Gasteiger partial charge in [0, 0.05) is 20.1 Å². The summed E-state index contributed by atoms with van der Waals surface area (Å²) in [5, 5.41) is 9.05. The van der Waals surface area contributed by atoms with E-state index in [9.17, 15) is 4.79 Å². The number of fused-ring (bicyclic) bond motifs is 1. The number of aryl methyl sites for hydroxylation is 2. The predicted molar refractivity (Wildman–Crippen MR) is 139 cm³/mol. The molecule has 0 spiro atoms. The highest BCUT2D eigenvalue weighted by Gasteiger charge is 2.18. The molecule has 176 valence electrons. The van der Waals surface area contributed by atoms with Gasteiger partial charge < -0.3 is 9.30 Å². The van der Waals surface area contributed by atoms with Crippen molar-refractivity contribution in [3.63, 3.8) is 0 Å². The normalized spacial score (nSPS) is 14.0. The molecule has 5 rings (SSSR count). The molecule has 0 saturated carbocycles. The van der Waals surface area contributed by atoms with E-state index in [2.05, 4.69) is 33.7 Å². The minimum absolute atomic E-state index is 0.475. The van der Waals surface area contributed by atoms with E-state index in [1.165, 1.54) is 22.5 Å². The zero-order chi connectivity index (χ0) is 24.4. The Morgan fingerprint density at radius 2 is 2.11 bits per heavy atom. The molecule has 0 unspecified atom stereocenters. The van der Waals surface area contributed by atoms with Crippen LogP contribution in [0.25, 0.3) is 15.9 Å². The number of imidazole rings is 1. The molecule has 0 aliphatic carbocycles. The maximum atomic E-state index is 11.0. The summed E-state index contributed by atoms with van der Waals surface area (Å²) in [6.07, 6.45) is 4.15. The van der Waals surface area contributed by atoms with E-state index in [0.717, 1.165) is 65.4 Å². The summed E-state index contributed by atoms with van der Waals surface area (Å²) >= 11 is 1.49. The highest BCUT2D eigenvalue weighted by Crippen LogP contribution is 2.28. The van der Waals surface area contributed by atoms with Crippen molar-refractivity contribution in [3.05, 3.63) is 87.6 Å². The summed E-state index contributed by atoms with van der Waals surface area (Å²) in [6.45, 7) is 5.09. The average molecular weight is 483 g/mol. The monoisotopic (exact) mass is 482 g/mol. The van der Waals surface area contributed by atoms with Crippen LogP contribution < -0.4 is 4.74 Å². The Balaban J connectivity index is 1.22. The molecule has 0 atom stereocenters. The third kappa shape index (κ3) is 4.90. The summed E-state index contributed by atoms with van der Waals surface area (Å²) in [7, 11) is 2.02. The number of carbonyl (C=O) groups excluding carboxylic acids is 1. The molecule has 0 bridgehead atoms. The maximum absolute atomic E-state index is 11.0. The SMILES string of the molecule is Cc1cc(C#N)ccc1COc1cccc(C2=CCN(Cc3nc4cc(C=O)sc4n3C)CC2)c1. The van der Waals surface area contributed by atoms with Gasteiger partial charge in [0.15, 0.2) is 6.29 Å². The molecule has 3 heterocycles. The number of hydrogen-bond donors (Lipinski definition) is 0. The fourth-order valence-electron chi connectivity index (χ4n) is 4.43. The summed E-state index contributed by atoms with van der Waals surface area (Å²) in [5.74, 6) is 1.87. The average Bonchev–Trinajstić information content (AvgIpc) is 3.42. The number of aldehydes is 1. The van der Waals surface area contributed by atoms with Crippen molar-refractivity contribution in [2.45, 2.75) is 26.5 Å². The zero-order valence-electron chi connectivity index (χ0n) is 19.8. The number of hydrogen-bond acceptors (Lipinski definition) is 6. The van der Waals surface area contributed by atoms with E-state index < -0.39 is 0 Å². The van der Waals surface area contributed by atoms with Gasteiger partial charge in [-0.1, -0.05) is 24.3 Å². The van der Waals surface area contributed by atoms with Crippen LogP contribution >= 0.6 is 11.3 Å². The maximum Gasteiger partial charge on any atom is 0.160 e. The molecule has 0 N–H and O–H groups in total. The number of benzene rings is 2. The van der Waals surface area contributed by atoms with E-state index in [4.69, 9.17) is 15.0 Å². The van der Waals surface area contributed by atoms with Gasteiger partial charge >= 0.3 is 0 Å². The molecule has 0 radical (unpaired) electrons. The third-order valence-corrected chi connectivity index (χ3v) is 7.63. The molecule has 4 aromatic rings. The Hall–Kier alpha value is -3.73. The molecule has 1 aliphatic rings. The van der Waals surface area contributed by atoms with Crippen LogP contribution in [0.3, 0.4) is 0 Å². The van der Waals surface area contributed by atoms with Gasteiger partial charge in [-0.15, -0.1) is 11.3 Å². The van der Waals surface area contributed by atoms with E-state index >= 15 is 0 Å². The topological polar surface area (TPSA) is 71.2 Å². The molecule has 0 fully saturated rings. The summed E-state index contributed by atoms with van der Waals surface area (Å²) in [6, 6.07) is 18.0. The second-order valence-electron chi connectivity index (χ2n) is 8.83. The van der Waals surface area contributed by atoms with Crippen LogP contribution in [0.2, 0.25) is 0 Å². The van der Waals surface area contributed by atoms with E-state index in [1.54, 1.807) is 0 Å². The Morgan fingerprint density at radius 1 is 1.23 bits per heavy atom. The number of nitrogens with zero attached hydrogens (tertiary/aromatic N) is 4. The number of nitriles is 1. The lowest BCUT2D eigenvalue weighted by Crippen LogP contribution is -2.29. The van der Waals surface area contributed by atoms with Crippen molar-refractivity contribution in [3.8, 4) is 11.8 Å². The molecule has 0 saturated heterocycles. The van der Waals surface area contributed by atoms with Crippen molar-refractivity contribution >= 4 is 33.5 Å². The third-order valence-electron chi connectivity index (χ3n) is 6.50. The van der Waals surface area contributed by atoms with Crippen LogP contribution in [0.4, 0.5) is 0 Å². The first kappa shape index (κ1) is 23.0. The summed E-state index contributed by atoms with van der Waals surface area (Å²) < 4.78 is 8.18. The molecule has 7 heteroatoms. The Kier molecular flexibility index (Phi) is 6.49. The minimum atomic E-state index is 0.475. The lowest BCUT2D eigenvalue weighted by atomic mass is 9.99. The van der Waals surface area contributed by atoms with Crippen LogP contribution in [-0.4, -0.2) is 33.8 Å². The molecule has 1 aliphatic heterocycles. The van der Waals surface area contributed by atoms with Crippen LogP contribution in [0.15, 0.2) is 54.6 Å². The highest BCUT2D eigenvalue weighted by molar-refractivity contribution is 7.20. The van der Waals surface area contributed by atoms with Crippen molar-refractivity contribution in [1.82, 2.24) is 14.5 Å². The number of ether oxygens (including phenoxy) is 1. The fourth-order valence-corrected chi connectivity index (χ4v) is 5.33. The van der Waals surface area contributed by atoms with Crippen molar-refractivity contribution in [2.24, 2.45) is 7.05 Å². The lowest BCUT2D eigenvalue weighted by molar-refractivity contribution is 0.112. The summed E-state index contributed by atoms with van der Waals surface area (Å²) in [5.41, 5.74) is 6.23. The predicted octanol–water partition coefficient (Wildman–Crippen LogP) is 5.50. The second-order valence-corrected chi connectivity index (χ2v) is 9.89. The number of carbonyl (C=O) groups is 1. The lowest BCUT2D eigenvalue weighted by Gasteiger charge is -2.26. The van der Waals surface area contributed by atoms with E-state index in [-0.39, 0.29) is 0 Å². The second kappa shape index (κ2) is 9.87. The molecule has 0 amide bonds. The Bertz CT molecular complexity index is 1470. The fraction of sp³-hybridized carbons (Fsp3) is 0.250. The minimum Gasteiger partial charge on any atom is -0.489 e. The van der Waals surface area contributed by atoms with Gasteiger partial charge in [0.2, 0.25) is 0 Å². The number of rotatable bonds is 7. The first-order valence-electron chi connectivity index (χ1n) is 11.6. The van der Waals surface area contributed by atoms with Crippen LogP contribution in [0, 0.1) is 18.3 Å². The number of aromatic nitrogens is 2. The smallest absolute Gasteiger partial charge is 0.160 e. The van der Waals surface area contributed by atoms with Crippen LogP contribution in [0.1, 0.15) is 44.2 Å². The van der Waals surface area contributed by atoms with Gasteiger partial charge in [-0.3, -0.25) is 9.69 Å². The van der Waals surface area contributed by atoms with Gasteiger partial charge in [0.25, 0.3) is 0 Å². The van der Waals surface area contributed by atoms with Gasteiger partial charge in [0.05, 0.1) is 23.1 Å². The molecular weight excluding hydrogens is 456 g/mol. The van der Waals surface area contributed by atoms with Crippen molar-refractivity contribution in [2.75, 3.05) is 13.1 Å². The van der Waals surface area contributed by atoms with Crippen LogP contribution in [0.5, 0.6) is 5.75 Å². The van der Waals surface area contributed by atoms with Gasteiger partial charge in [-0.2, -0.15) is 5.26 Å². The van der Waals surface area contributed by atoms with Crippen molar-refractivity contribution in [1.29, 1.82) is 5.26 Å². The zero-order valence-corrected chi connectivity index (χ0v) is 20.6. The first-order chi connectivity index (χ1) is 17.0. The Labute approximate surface area is 208 Å². The first-order valence-corrected chi connectivity index (χ1v) is 12.4. The van der Waals surface area contributed by atoms with Gasteiger partial charge in [-0.25, -0.2) is 4.98 Å². The number of thiophene rings is 1. The van der Waals surface area contributed by atoms with E-state index in [1.807, 2.05) is 50.4 Å². The molecule has 2 aromatic heterocycles. The van der Waals surface area contributed by atoms with E-state index in [0.29, 0.717) is 17.0 Å². The molecular formula is C28H26N4O2S. The molecule has 6 nitrogen and oxygen atoms in total. The van der Waals surface area contributed by atoms with Crippen molar-refractivity contribution < 1.29 is 9.53 Å². The van der Waals surface area contributed by atoms with Crippen LogP contribution in [-0.2, 0) is 20.2 Å². The Morgan fingerprint density at radius 3 is 2.83 bits per heavy atom. The molecule has 35 heavy (non-hydrogen) atoms. The largest absolute Gasteiger partial charge is 0.489 e. The standard InChI is InChI=1S/C28H26N4O2S/c1-19-12-20(15-29)6-7-23(19)18-34-24-5-3-4-22(13-24)21-8-10-32(11-9-21)16-27-30-26-14-25(17-33)35-28(26)31(27)2/h3-8,12-14,17H,9-11,16,18H2,1-2H3. The summed E-state index contributed by atoms with van der Waals surface area (Å²) in [4.78, 5) is 19.9. The quantitative estimate of drug-likeness (QED) is 0.326. The highest BCUT2D eigenvalue weighted by atomic mass is 32.1.